The Morgan fingerprint density at radius 1 is 1.16 bits per heavy atom. The van der Waals surface area contributed by atoms with Crippen molar-refractivity contribution < 1.29 is 14.2 Å². The lowest BCUT2D eigenvalue weighted by atomic mass is 10.2. The Labute approximate surface area is 111 Å². The highest BCUT2D eigenvalue weighted by Crippen LogP contribution is 2.25. The van der Waals surface area contributed by atoms with Gasteiger partial charge in [0.15, 0.2) is 11.6 Å². The van der Waals surface area contributed by atoms with E-state index in [1.165, 1.54) is 6.07 Å². The van der Waals surface area contributed by atoms with Crippen LogP contribution in [0.5, 0.6) is 11.5 Å². The highest BCUT2D eigenvalue weighted by molar-refractivity contribution is 5.53. The molecule has 2 nitrogen and oxygen atoms in total. The molecule has 3 heteroatoms. The normalized spacial score (nSPS) is 12.6. The van der Waals surface area contributed by atoms with Crippen molar-refractivity contribution >= 4 is 6.08 Å². The Morgan fingerprint density at radius 2 is 1.89 bits per heavy atom. The van der Waals surface area contributed by atoms with Crippen LogP contribution < -0.4 is 4.74 Å². The number of aliphatic hydroxyl groups is 1. The number of benzene rings is 2. The molecule has 0 saturated heterocycles. The molecule has 1 unspecified atom stereocenters. The van der Waals surface area contributed by atoms with E-state index in [9.17, 15) is 9.50 Å². The van der Waals surface area contributed by atoms with Crippen LogP contribution in [0.4, 0.5) is 4.39 Å². The van der Waals surface area contributed by atoms with Crippen LogP contribution in [0.15, 0.2) is 54.6 Å². The second-order valence-electron chi connectivity index (χ2n) is 4.20. The number of aliphatic hydroxyl groups excluding tert-OH is 1. The fourth-order valence-corrected chi connectivity index (χ4v) is 1.57. The van der Waals surface area contributed by atoms with Gasteiger partial charge in [-0.15, -0.1) is 0 Å². The summed E-state index contributed by atoms with van der Waals surface area (Å²) in [5.74, 6) is 0.329. The van der Waals surface area contributed by atoms with Crippen LogP contribution in [0.25, 0.3) is 6.08 Å². The third kappa shape index (κ3) is 3.93. The Kier molecular flexibility index (Phi) is 4.31. The van der Waals surface area contributed by atoms with Gasteiger partial charge in [-0.25, -0.2) is 4.39 Å². The number of halogens is 1. The van der Waals surface area contributed by atoms with Crippen LogP contribution in [0.1, 0.15) is 12.5 Å². The summed E-state index contributed by atoms with van der Waals surface area (Å²) in [5, 5.41) is 9.18. The molecule has 0 heterocycles. The molecule has 2 rings (SSSR count). The summed E-state index contributed by atoms with van der Waals surface area (Å²) in [5.41, 5.74) is 0.772. The van der Waals surface area contributed by atoms with Gasteiger partial charge < -0.3 is 9.84 Å². The largest absolute Gasteiger partial charge is 0.454 e. The first-order valence-electron chi connectivity index (χ1n) is 6.04. The van der Waals surface area contributed by atoms with Gasteiger partial charge in [0, 0.05) is 0 Å². The highest BCUT2D eigenvalue weighted by Gasteiger charge is 2.05. The fourth-order valence-electron chi connectivity index (χ4n) is 1.57. The monoisotopic (exact) mass is 258 g/mol. The van der Waals surface area contributed by atoms with E-state index in [1.807, 2.05) is 18.2 Å². The van der Waals surface area contributed by atoms with Gasteiger partial charge in [0.25, 0.3) is 0 Å². The van der Waals surface area contributed by atoms with E-state index < -0.39 is 11.9 Å². The van der Waals surface area contributed by atoms with Gasteiger partial charge in [-0.1, -0.05) is 36.4 Å². The molecule has 98 valence electrons. The van der Waals surface area contributed by atoms with Crippen molar-refractivity contribution in [1.29, 1.82) is 0 Å². The van der Waals surface area contributed by atoms with Crippen LogP contribution in [0.2, 0.25) is 0 Å². The van der Waals surface area contributed by atoms with Gasteiger partial charge in [-0.05, 0) is 36.8 Å². The lowest BCUT2D eigenvalue weighted by molar-refractivity contribution is 0.245. The Hall–Kier alpha value is -2.13. The summed E-state index contributed by atoms with van der Waals surface area (Å²) < 4.78 is 19.1. The van der Waals surface area contributed by atoms with E-state index in [2.05, 4.69) is 0 Å². The first kappa shape index (κ1) is 13.3. The van der Waals surface area contributed by atoms with Crippen molar-refractivity contribution in [2.45, 2.75) is 13.0 Å². The minimum atomic E-state index is -0.538. The summed E-state index contributed by atoms with van der Waals surface area (Å²) in [6.07, 6.45) is 2.81. The Bertz CT molecular complexity index is 562. The van der Waals surface area contributed by atoms with Gasteiger partial charge in [-0.3, -0.25) is 0 Å². The van der Waals surface area contributed by atoms with Crippen LogP contribution >= 0.6 is 0 Å². The molecular formula is C16H15FO2. The number of hydrogen-bond acceptors (Lipinski definition) is 2. The van der Waals surface area contributed by atoms with Crippen LogP contribution in [0.3, 0.4) is 0 Å². The maximum atomic E-state index is 13.7. The van der Waals surface area contributed by atoms with E-state index in [-0.39, 0.29) is 5.75 Å². The molecule has 1 atom stereocenters. The molecule has 0 aliphatic heterocycles. The zero-order valence-electron chi connectivity index (χ0n) is 10.6. The Balaban J connectivity index is 2.22. The highest BCUT2D eigenvalue weighted by atomic mass is 19.1. The second kappa shape index (κ2) is 6.16. The van der Waals surface area contributed by atoms with Gasteiger partial charge in [0.2, 0.25) is 0 Å². The van der Waals surface area contributed by atoms with Crippen molar-refractivity contribution in [1.82, 2.24) is 0 Å². The Morgan fingerprint density at radius 3 is 2.58 bits per heavy atom. The number of rotatable bonds is 4. The summed E-state index contributed by atoms with van der Waals surface area (Å²) in [4.78, 5) is 0. The number of para-hydroxylation sites is 1. The molecule has 0 amide bonds. The molecule has 0 saturated carbocycles. The summed E-state index contributed by atoms with van der Waals surface area (Å²) in [6.45, 7) is 1.65. The molecule has 0 aliphatic carbocycles. The van der Waals surface area contributed by atoms with E-state index in [1.54, 1.807) is 43.3 Å². The quantitative estimate of drug-likeness (QED) is 0.897. The standard InChI is InChI=1S/C16H15FO2/c1-12(18)7-8-13-9-10-15(17)16(11-13)19-14-5-3-2-4-6-14/h2-12,18H,1H3. The molecule has 2 aromatic carbocycles. The van der Waals surface area contributed by atoms with Gasteiger partial charge in [0.05, 0.1) is 6.10 Å². The van der Waals surface area contributed by atoms with E-state index in [4.69, 9.17) is 4.74 Å². The fraction of sp³-hybridized carbons (Fsp3) is 0.125. The van der Waals surface area contributed by atoms with Crippen molar-refractivity contribution in [3.8, 4) is 11.5 Å². The molecule has 0 aromatic heterocycles. The SMILES string of the molecule is CC(O)C=Cc1ccc(F)c(Oc2ccccc2)c1. The third-order valence-corrected chi connectivity index (χ3v) is 2.49. The smallest absolute Gasteiger partial charge is 0.165 e. The molecule has 1 N–H and O–H groups in total. The number of hydrogen-bond donors (Lipinski definition) is 1. The third-order valence-electron chi connectivity index (χ3n) is 2.49. The second-order valence-corrected chi connectivity index (χ2v) is 4.20. The predicted molar refractivity (Wildman–Crippen MR) is 73.6 cm³/mol. The molecule has 2 aromatic rings. The average molecular weight is 258 g/mol. The minimum Gasteiger partial charge on any atom is -0.454 e. The van der Waals surface area contributed by atoms with Crippen LogP contribution in [0, 0.1) is 5.82 Å². The molecule has 0 radical (unpaired) electrons. The topological polar surface area (TPSA) is 29.5 Å². The molecule has 0 fully saturated rings. The van der Waals surface area contributed by atoms with Crippen molar-refractivity contribution in [2.24, 2.45) is 0 Å². The van der Waals surface area contributed by atoms with Crippen LogP contribution in [-0.4, -0.2) is 11.2 Å². The maximum Gasteiger partial charge on any atom is 0.165 e. The van der Waals surface area contributed by atoms with Crippen molar-refractivity contribution in [2.75, 3.05) is 0 Å². The first-order valence-corrected chi connectivity index (χ1v) is 6.04. The zero-order valence-corrected chi connectivity index (χ0v) is 10.6. The van der Waals surface area contributed by atoms with Crippen LogP contribution in [-0.2, 0) is 0 Å². The predicted octanol–water partition coefficient (Wildman–Crippen LogP) is 4.01. The van der Waals surface area contributed by atoms with Crippen molar-refractivity contribution in [3.63, 3.8) is 0 Å². The molecule has 0 aliphatic rings. The number of ether oxygens (including phenoxy) is 1. The summed E-state index contributed by atoms with van der Waals surface area (Å²) in [7, 11) is 0. The first-order chi connectivity index (χ1) is 9.15. The van der Waals surface area contributed by atoms with E-state index in [0.29, 0.717) is 5.75 Å². The summed E-state index contributed by atoms with van der Waals surface area (Å²) >= 11 is 0. The van der Waals surface area contributed by atoms with E-state index in [0.717, 1.165) is 5.56 Å². The average Bonchev–Trinajstić information content (AvgIpc) is 2.41. The molecule has 0 spiro atoms. The van der Waals surface area contributed by atoms with E-state index >= 15 is 0 Å². The zero-order chi connectivity index (χ0) is 13.7. The minimum absolute atomic E-state index is 0.166. The van der Waals surface area contributed by atoms with Gasteiger partial charge in [0.1, 0.15) is 5.75 Å². The lowest BCUT2D eigenvalue weighted by Gasteiger charge is -2.07. The molecular weight excluding hydrogens is 243 g/mol. The maximum absolute atomic E-state index is 13.7. The lowest BCUT2D eigenvalue weighted by Crippen LogP contribution is -1.92. The van der Waals surface area contributed by atoms with Gasteiger partial charge in [-0.2, -0.15) is 0 Å². The summed E-state index contributed by atoms with van der Waals surface area (Å²) in [6, 6.07) is 13.6. The van der Waals surface area contributed by atoms with Crippen molar-refractivity contribution in [3.05, 3.63) is 66.0 Å². The van der Waals surface area contributed by atoms with Gasteiger partial charge >= 0.3 is 0 Å². The molecule has 0 bridgehead atoms. The molecule has 19 heavy (non-hydrogen) atoms.